The van der Waals surface area contributed by atoms with E-state index in [1.54, 1.807) is 0 Å². The summed E-state index contributed by atoms with van der Waals surface area (Å²) in [5.41, 5.74) is 0.186. The predicted octanol–water partition coefficient (Wildman–Crippen LogP) is 4.30. The summed E-state index contributed by atoms with van der Waals surface area (Å²) < 4.78 is 22.4. The second-order valence-corrected chi connectivity index (χ2v) is 8.06. The van der Waals surface area contributed by atoms with Gasteiger partial charge < -0.3 is 5.32 Å². The van der Waals surface area contributed by atoms with Crippen LogP contribution in [0.4, 0.5) is 5.69 Å². The molecular weight excluding hydrogens is 345 g/mol. The zero-order chi connectivity index (χ0) is 15.5. The Morgan fingerprint density at radius 2 is 1.75 bits per heavy atom. The number of nitrogens with one attached hydrogen (secondary N) is 1. The van der Waals surface area contributed by atoms with Crippen LogP contribution in [-0.2, 0) is 13.8 Å². The molecule has 0 aromatic heterocycles. The van der Waals surface area contributed by atoms with E-state index in [0.29, 0.717) is 12.3 Å². The topological polar surface area (TPSA) is 63.2 Å². The number of anilines is 1. The molecule has 0 aliphatic rings. The van der Waals surface area contributed by atoms with E-state index in [1.165, 1.54) is 0 Å². The highest BCUT2D eigenvalue weighted by Gasteiger charge is 2.17. The van der Waals surface area contributed by atoms with Crippen molar-refractivity contribution < 1.29 is 13.2 Å². The van der Waals surface area contributed by atoms with Gasteiger partial charge in [-0.05, 0) is 24.5 Å². The van der Waals surface area contributed by atoms with Gasteiger partial charge in [-0.2, -0.15) is 0 Å². The van der Waals surface area contributed by atoms with E-state index in [9.17, 15) is 13.2 Å². The number of amides is 1. The average molecular weight is 359 g/mol. The number of halogens is 3. The zero-order valence-electron chi connectivity index (χ0n) is 10.9. The minimum absolute atomic E-state index is 0.0228. The van der Waals surface area contributed by atoms with Gasteiger partial charge in [-0.3, -0.25) is 4.79 Å². The highest BCUT2D eigenvalue weighted by Crippen LogP contribution is 2.34. The number of rotatable bonds is 5. The van der Waals surface area contributed by atoms with Gasteiger partial charge in [0.2, 0.25) is 5.91 Å². The van der Waals surface area contributed by atoms with Gasteiger partial charge in [-0.15, -0.1) is 0 Å². The molecule has 0 spiro atoms. The van der Waals surface area contributed by atoms with Gasteiger partial charge in [0.15, 0.2) is 0 Å². The second-order valence-electron chi connectivity index (χ2n) is 4.68. The summed E-state index contributed by atoms with van der Waals surface area (Å²) in [5, 5.41) is 2.62. The van der Waals surface area contributed by atoms with Crippen LogP contribution in [0.3, 0.4) is 0 Å². The molecule has 0 saturated carbocycles. The Balaban J connectivity index is 2.95. The first-order valence-electron chi connectivity index (χ1n) is 5.85. The molecule has 0 saturated heterocycles. The van der Waals surface area contributed by atoms with Gasteiger partial charge in [0.05, 0.1) is 20.6 Å². The molecule has 8 heteroatoms. The van der Waals surface area contributed by atoms with Gasteiger partial charge in [-0.1, -0.05) is 37.0 Å². The summed E-state index contributed by atoms with van der Waals surface area (Å²) >= 11 is 11.9. The lowest BCUT2D eigenvalue weighted by atomic mass is 10.1. The van der Waals surface area contributed by atoms with Crippen LogP contribution >= 0.6 is 33.9 Å². The molecule has 0 atom stereocenters. The molecule has 1 rings (SSSR count). The van der Waals surface area contributed by atoms with Crippen LogP contribution in [-0.4, -0.2) is 14.3 Å². The standard InChI is InChI=1S/C12H14Cl3NO3S/c1-7(2)3-4-11(17)16-12-9(13)5-8(6-10(12)14)20(15,18)19/h5-7H,3-4H2,1-2H3,(H,16,17). The van der Waals surface area contributed by atoms with Crippen molar-refractivity contribution in [1.29, 1.82) is 0 Å². The number of hydrogen-bond acceptors (Lipinski definition) is 3. The van der Waals surface area contributed by atoms with Crippen molar-refractivity contribution in [3.05, 3.63) is 22.2 Å². The third-order valence-electron chi connectivity index (χ3n) is 2.51. The number of hydrogen-bond donors (Lipinski definition) is 1. The summed E-state index contributed by atoms with van der Waals surface area (Å²) in [6.07, 6.45) is 1.06. The largest absolute Gasteiger partial charge is 0.324 e. The Bertz CT molecular complexity index is 591. The zero-order valence-corrected chi connectivity index (χ0v) is 14.0. The maximum atomic E-state index is 11.7. The fraction of sp³-hybridized carbons (Fsp3) is 0.417. The fourth-order valence-electron chi connectivity index (χ4n) is 1.43. The van der Waals surface area contributed by atoms with Gasteiger partial charge >= 0.3 is 0 Å². The Morgan fingerprint density at radius 3 is 2.15 bits per heavy atom. The van der Waals surface area contributed by atoms with Crippen molar-refractivity contribution in [2.45, 2.75) is 31.6 Å². The third kappa shape index (κ3) is 5.13. The summed E-state index contributed by atoms with van der Waals surface area (Å²) in [4.78, 5) is 11.5. The number of carbonyl (C=O) groups excluding carboxylic acids is 1. The molecule has 0 unspecified atom stereocenters. The maximum absolute atomic E-state index is 11.7. The predicted molar refractivity (Wildman–Crippen MR) is 82.2 cm³/mol. The minimum atomic E-state index is -3.92. The van der Waals surface area contributed by atoms with Gasteiger partial charge in [-0.25, -0.2) is 8.42 Å². The van der Waals surface area contributed by atoms with Crippen molar-refractivity contribution >= 4 is 54.5 Å². The summed E-state index contributed by atoms with van der Waals surface area (Å²) in [6, 6.07) is 2.29. The van der Waals surface area contributed by atoms with Crippen LogP contribution in [0.5, 0.6) is 0 Å². The van der Waals surface area contributed by atoms with E-state index in [4.69, 9.17) is 33.9 Å². The Labute approximate surface area is 132 Å². The van der Waals surface area contributed by atoms with Crippen LogP contribution < -0.4 is 5.32 Å². The normalized spacial score (nSPS) is 11.7. The molecule has 0 fully saturated rings. The van der Waals surface area contributed by atoms with Crippen molar-refractivity contribution in [3.8, 4) is 0 Å². The average Bonchev–Trinajstić information content (AvgIpc) is 2.29. The summed E-state index contributed by atoms with van der Waals surface area (Å²) in [7, 11) is 1.29. The number of carbonyl (C=O) groups is 1. The molecule has 0 bridgehead atoms. The van der Waals surface area contributed by atoms with Crippen LogP contribution in [0.15, 0.2) is 17.0 Å². The SMILES string of the molecule is CC(C)CCC(=O)Nc1c(Cl)cc(S(=O)(=O)Cl)cc1Cl. The molecule has 1 aromatic rings. The molecule has 0 aliphatic carbocycles. The molecule has 1 amide bonds. The van der Waals surface area contributed by atoms with Crippen LogP contribution in [0.1, 0.15) is 26.7 Å². The Hall–Kier alpha value is -0.490. The van der Waals surface area contributed by atoms with E-state index in [0.717, 1.165) is 18.6 Å². The van der Waals surface area contributed by atoms with Crippen molar-refractivity contribution in [2.75, 3.05) is 5.32 Å². The van der Waals surface area contributed by atoms with Crippen LogP contribution in [0, 0.1) is 5.92 Å². The molecule has 1 N–H and O–H groups in total. The van der Waals surface area contributed by atoms with E-state index in [-0.39, 0.29) is 26.5 Å². The van der Waals surface area contributed by atoms with Gasteiger partial charge in [0, 0.05) is 17.1 Å². The first-order chi connectivity index (χ1) is 9.11. The molecule has 0 aliphatic heterocycles. The number of benzene rings is 1. The van der Waals surface area contributed by atoms with Gasteiger partial charge in [0.1, 0.15) is 0 Å². The first-order valence-corrected chi connectivity index (χ1v) is 8.91. The van der Waals surface area contributed by atoms with E-state index < -0.39 is 9.05 Å². The Morgan fingerprint density at radius 1 is 1.25 bits per heavy atom. The second kappa shape index (κ2) is 6.98. The highest BCUT2D eigenvalue weighted by atomic mass is 35.7. The molecule has 1 aromatic carbocycles. The molecule has 20 heavy (non-hydrogen) atoms. The molecule has 0 heterocycles. The van der Waals surface area contributed by atoms with Crippen molar-refractivity contribution in [3.63, 3.8) is 0 Å². The fourth-order valence-corrected chi connectivity index (χ4v) is 2.93. The lowest BCUT2D eigenvalue weighted by Crippen LogP contribution is -2.13. The first kappa shape index (κ1) is 17.6. The minimum Gasteiger partial charge on any atom is -0.324 e. The van der Waals surface area contributed by atoms with Crippen molar-refractivity contribution in [2.24, 2.45) is 5.92 Å². The molecule has 4 nitrogen and oxygen atoms in total. The molecule has 0 radical (unpaired) electrons. The van der Waals surface area contributed by atoms with E-state index in [1.807, 2.05) is 13.8 Å². The molecular formula is C12H14Cl3NO3S. The maximum Gasteiger partial charge on any atom is 0.261 e. The quantitative estimate of drug-likeness (QED) is 0.798. The van der Waals surface area contributed by atoms with Gasteiger partial charge in [0.25, 0.3) is 9.05 Å². The summed E-state index contributed by atoms with van der Waals surface area (Å²) in [5.74, 6) is 0.166. The smallest absolute Gasteiger partial charge is 0.261 e. The van der Waals surface area contributed by atoms with E-state index in [2.05, 4.69) is 5.32 Å². The lowest BCUT2D eigenvalue weighted by molar-refractivity contribution is -0.116. The Kier molecular flexibility index (Phi) is 6.13. The van der Waals surface area contributed by atoms with Crippen LogP contribution in [0.2, 0.25) is 10.0 Å². The van der Waals surface area contributed by atoms with Crippen molar-refractivity contribution in [1.82, 2.24) is 0 Å². The highest BCUT2D eigenvalue weighted by molar-refractivity contribution is 8.13. The molecule has 112 valence electrons. The monoisotopic (exact) mass is 357 g/mol. The van der Waals surface area contributed by atoms with Crippen LogP contribution in [0.25, 0.3) is 0 Å². The lowest BCUT2D eigenvalue weighted by Gasteiger charge is -2.11. The van der Waals surface area contributed by atoms with E-state index >= 15 is 0 Å². The third-order valence-corrected chi connectivity index (χ3v) is 4.44. The summed E-state index contributed by atoms with van der Waals surface area (Å²) in [6.45, 7) is 4.01.